The minimum Gasteiger partial charge on any atom is -0.378 e. The van der Waals surface area contributed by atoms with Gasteiger partial charge in [-0.15, -0.1) is 0 Å². The average Bonchev–Trinajstić information content (AvgIpc) is 2.69. The molecule has 2 aromatic rings. The lowest BCUT2D eigenvalue weighted by Gasteiger charge is -2.29. The fraction of sp³-hybridized carbons (Fsp3) is 0.417. The highest BCUT2D eigenvalue weighted by Crippen LogP contribution is 2.34. The molecular formula is C24H27FO. The molecule has 1 aliphatic rings. The molecule has 136 valence electrons. The van der Waals surface area contributed by atoms with E-state index >= 15 is 0 Å². The van der Waals surface area contributed by atoms with Crippen LogP contribution < -0.4 is 0 Å². The highest BCUT2D eigenvalue weighted by atomic mass is 19.1. The van der Waals surface area contributed by atoms with Gasteiger partial charge < -0.3 is 4.74 Å². The third-order valence-corrected chi connectivity index (χ3v) is 5.10. The van der Waals surface area contributed by atoms with Crippen molar-refractivity contribution < 1.29 is 9.13 Å². The molecule has 0 aromatic heterocycles. The summed E-state index contributed by atoms with van der Waals surface area (Å²) >= 11 is 0. The van der Waals surface area contributed by atoms with Gasteiger partial charge in [0.1, 0.15) is 5.82 Å². The molecule has 3 rings (SSSR count). The lowest BCUT2D eigenvalue weighted by atomic mass is 9.82. The van der Waals surface area contributed by atoms with Crippen molar-refractivity contribution in [1.82, 2.24) is 0 Å². The minimum absolute atomic E-state index is 0.231. The Kier molecular flexibility index (Phi) is 6.86. The van der Waals surface area contributed by atoms with Crippen LogP contribution in [0.15, 0.2) is 48.5 Å². The van der Waals surface area contributed by atoms with E-state index in [-0.39, 0.29) is 5.82 Å². The maximum atomic E-state index is 12.9. The molecule has 2 aromatic carbocycles. The van der Waals surface area contributed by atoms with Gasteiger partial charge in [0.25, 0.3) is 0 Å². The summed E-state index contributed by atoms with van der Waals surface area (Å²) in [4.78, 5) is 0. The van der Waals surface area contributed by atoms with Crippen molar-refractivity contribution in [2.45, 2.75) is 57.5 Å². The van der Waals surface area contributed by atoms with Gasteiger partial charge in [0.05, 0.1) is 6.10 Å². The van der Waals surface area contributed by atoms with Crippen molar-refractivity contribution in [3.8, 4) is 11.8 Å². The van der Waals surface area contributed by atoms with Gasteiger partial charge in [0.15, 0.2) is 0 Å². The van der Waals surface area contributed by atoms with E-state index in [0.29, 0.717) is 12.0 Å². The molecule has 0 saturated heterocycles. The van der Waals surface area contributed by atoms with E-state index < -0.39 is 0 Å². The van der Waals surface area contributed by atoms with E-state index in [1.54, 1.807) is 12.1 Å². The summed E-state index contributed by atoms with van der Waals surface area (Å²) in [7, 11) is 0. The fourth-order valence-corrected chi connectivity index (χ4v) is 3.47. The third kappa shape index (κ3) is 5.44. The van der Waals surface area contributed by atoms with Gasteiger partial charge >= 0.3 is 0 Å². The zero-order valence-corrected chi connectivity index (χ0v) is 15.5. The van der Waals surface area contributed by atoms with E-state index in [2.05, 4.69) is 43.0 Å². The van der Waals surface area contributed by atoms with Gasteiger partial charge in [-0.3, -0.25) is 0 Å². The van der Waals surface area contributed by atoms with E-state index in [1.165, 1.54) is 56.2 Å². The first-order chi connectivity index (χ1) is 12.7. The summed E-state index contributed by atoms with van der Waals surface area (Å²) in [5.74, 6) is 6.65. The number of unbranched alkanes of at least 4 members (excludes halogenated alkanes) is 1. The van der Waals surface area contributed by atoms with Gasteiger partial charge in [-0.25, -0.2) is 4.39 Å². The monoisotopic (exact) mass is 350 g/mol. The standard InChI is InChI=1S/C24H27FO/c1-2-3-18-26-24-16-12-22(13-17-24)21-10-6-19(7-11-21)4-5-20-8-14-23(25)15-9-20/h6-11,14-15,22,24H,2-3,12-13,16-18H2,1H3. The number of benzene rings is 2. The summed E-state index contributed by atoms with van der Waals surface area (Å²) in [6.45, 7) is 3.11. The lowest BCUT2D eigenvalue weighted by Crippen LogP contribution is -2.21. The summed E-state index contributed by atoms with van der Waals surface area (Å²) in [5.41, 5.74) is 3.23. The molecule has 0 N–H and O–H groups in total. The lowest BCUT2D eigenvalue weighted by molar-refractivity contribution is 0.0232. The first-order valence-electron chi connectivity index (χ1n) is 9.73. The predicted molar refractivity (Wildman–Crippen MR) is 105 cm³/mol. The van der Waals surface area contributed by atoms with Crippen molar-refractivity contribution in [1.29, 1.82) is 0 Å². The molecule has 0 heterocycles. The number of halogens is 1. The smallest absolute Gasteiger partial charge is 0.123 e. The summed E-state index contributed by atoms with van der Waals surface area (Å²) in [6, 6.07) is 14.9. The maximum Gasteiger partial charge on any atom is 0.123 e. The molecule has 26 heavy (non-hydrogen) atoms. The Bertz CT molecular complexity index is 729. The van der Waals surface area contributed by atoms with Crippen LogP contribution in [-0.2, 0) is 4.74 Å². The highest BCUT2D eigenvalue weighted by Gasteiger charge is 2.22. The molecular weight excluding hydrogens is 323 g/mol. The Labute approximate surface area is 156 Å². The SMILES string of the molecule is CCCCOC1CCC(c2ccc(C#Cc3ccc(F)cc3)cc2)CC1. The molecule has 1 saturated carbocycles. The van der Waals surface area contributed by atoms with E-state index in [4.69, 9.17) is 4.74 Å². The van der Waals surface area contributed by atoms with E-state index in [1.807, 2.05) is 0 Å². The Morgan fingerprint density at radius 2 is 1.46 bits per heavy atom. The molecule has 2 heteroatoms. The fourth-order valence-electron chi connectivity index (χ4n) is 3.47. The molecule has 1 aliphatic carbocycles. The molecule has 0 atom stereocenters. The molecule has 0 radical (unpaired) electrons. The quantitative estimate of drug-likeness (QED) is 0.470. The second-order valence-corrected chi connectivity index (χ2v) is 7.08. The van der Waals surface area contributed by atoms with Crippen LogP contribution in [0, 0.1) is 17.7 Å². The van der Waals surface area contributed by atoms with Crippen molar-refractivity contribution in [3.05, 3.63) is 71.0 Å². The van der Waals surface area contributed by atoms with Gasteiger partial charge in [-0.05, 0) is 80.0 Å². The van der Waals surface area contributed by atoms with Crippen LogP contribution in [0.4, 0.5) is 4.39 Å². The van der Waals surface area contributed by atoms with Crippen LogP contribution in [0.2, 0.25) is 0 Å². The van der Waals surface area contributed by atoms with Crippen LogP contribution in [0.1, 0.15) is 68.1 Å². The van der Waals surface area contributed by atoms with Crippen LogP contribution in [0.3, 0.4) is 0 Å². The predicted octanol–water partition coefficient (Wildman–Crippen LogP) is 6.07. The second-order valence-electron chi connectivity index (χ2n) is 7.08. The summed E-state index contributed by atoms with van der Waals surface area (Å²) < 4.78 is 18.9. The van der Waals surface area contributed by atoms with Crippen molar-refractivity contribution >= 4 is 0 Å². The average molecular weight is 350 g/mol. The molecule has 0 bridgehead atoms. The molecule has 0 unspecified atom stereocenters. The zero-order chi connectivity index (χ0) is 18.2. The first kappa shape index (κ1) is 18.7. The first-order valence-corrected chi connectivity index (χ1v) is 9.73. The van der Waals surface area contributed by atoms with Crippen molar-refractivity contribution in [2.75, 3.05) is 6.61 Å². The van der Waals surface area contributed by atoms with Crippen LogP contribution in [-0.4, -0.2) is 12.7 Å². The van der Waals surface area contributed by atoms with Gasteiger partial charge in [0.2, 0.25) is 0 Å². The molecule has 0 spiro atoms. The van der Waals surface area contributed by atoms with E-state index in [0.717, 1.165) is 17.7 Å². The highest BCUT2D eigenvalue weighted by molar-refractivity contribution is 5.43. The Morgan fingerprint density at radius 3 is 2.04 bits per heavy atom. The maximum absolute atomic E-state index is 12.9. The summed E-state index contributed by atoms with van der Waals surface area (Å²) in [6.07, 6.45) is 7.57. The van der Waals surface area contributed by atoms with E-state index in [9.17, 15) is 4.39 Å². The third-order valence-electron chi connectivity index (χ3n) is 5.10. The van der Waals surface area contributed by atoms with Crippen LogP contribution in [0.25, 0.3) is 0 Å². The second kappa shape index (κ2) is 9.55. The van der Waals surface area contributed by atoms with Gasteiger partial charge in [-0.1, -0.05) is 37.3 Å². The number of ether oxygens (including phenoxy) is 1. The zero-order valence-electron chi connectivity index (χ0n) is 15.5. The normalized spacial score (nSPS) is 19.6. The number of hydrogen-bond acceptors (Lipinski definition) is 1. The number of hydrogen-bond donors (Lipinski definition) is 0. The minimum atomic E-state index is -0.231. The van der Waals surface area contributed by atoms with Gasteiger partial charge in [0, 0.05) is 17.7 Å². The molecule has 0 amide bonds. The largest absolute Gasteiger partial charge is 0.378 e. The molecule has 1 nitrogen and oxygen atoms in total. The van der Waals surface area contributed by atoms with Crippen molar-refractivity contribution in [3.63, 3.8) is 0 Å². The molecule has 1 fully saturated rings. The van der Waals surface area contributed by atoms with Crippen LogP contribution >= 0.6 is 0 Å². The van der Waals surface area contributed by atoms with Crippen LogP contribution in [0.5, 0.6) is 0 Å². The molecule has 0 aliphatic heterocycles. The Morgan fingerprint density at radius 1 is 0.885 bits per heavy atom. The topological polar surface area (TPSA) is 9.23 Å². The number of rotatable bonds is 5. The summed E-state index contributed by atoms with van der Waals surface area (Å²) in [5, 5.41) is 0. The van der Waals surface area contributed by atoms with Gasteiger partial charge in [-0.2, -0.15) is 0 Å². The van der Waals surface area contributed by atoms with Crippen molar-refractivity contribution in [2.24, 2.45) is 0 Å². The Hall–Kier alpha value is -2.11. The Balaban J connectivity index is 1.53.